The van der Waals surface area contributed by atoms with E-state index in [1.807, 2.05) is 30.0 Å². The Bertz CT molecular complexity index is 799. The molecule has 2 rings (SSSR count). The number of carbonyl (C=O) groups excluding carboxylic acids is 1. The molecule has 0 saturated carbocycles. The number of hydrogen-bond acceptors (Lipinski definition) is 4. The molecule has 0 spiro atoms. The third-order valence-corrected chi connectivity index (χ3v) is 4.19. The zero-order valence-electron chi connectivity index (χ0n) is 15.9. The summed E-state index contributed by atoms with van der Waals surface area (Å²) in [5.41, 5.74) is 0.884. The molecule has 0 bridgehead atoms. The molecule has 7 heteroatoms. The number of carbonyl (C=O) groups is 1. The van der Waals surface area contributed by atoms with Gasteiger partial charge >= 0.3 is 0 Å². The van der Waals surface area contributed by atoms with Crippen molar-refractivity contribution >= 4 is 11.6 Å². The van der Waals surface area contributed by atoms with Gasteiger partial charge in [-0.1, -0.05) is 6.07 Å². The number of rotatable bonds is 8. The number of methoxy groups -OCH3 is 1. The highest BCUT2D eigenvalue weighted by molar-refractivity contribution is 5.94. The third-order valence-electron chi connectivity index (χ3n) is 4.19. The maximum atomic E-state index is 13.7. The van der Waals surface area contributed by atoms with Gasteiger partial charge in [-0.3, -0.25) is 9.69 Å². The van der Waals surface area contributed by atoms with E-state index in [1.54, 1.807) is 21.1 Å². The van der Waals surface area contributed by atoms with Gasteiger partial charge < -0.3 is 14.8 Å². The number of ether oxygens (including phenoxy) is 2. The summed E-state index contributed by atoms with van der Waals surface area (Å²) in [6.07, 6.45) is 0. The molecule has 0 fully saturated rings. The average Bonchev–Trinajstić information content (AvgIpc) is 2.64. The molecule has 0 unspecified atom stereocenters. The molecule has 0 heterocycles. The van der Waals surface area contributed by atoms with Crippen molar-refractivity contribution in [1.82, 2.24) is 4.90 Å². The number of hydrogen-bond donors (Lipinski definition) is 1. The molecule has 27 heavy (non-hydrogen) atoms. The highest BCUT2D eigenvalue weighted by Gasteiger charge is 2.20. The van der Waals surface area contributed by atoms with Gasteiger partial charge in [0.25, 0.3) is 0 Å². The largest absolute Gasteiger partial charge is 0.493 e. The maximum Gasteiger partial charge on any atom is 0.241 e. The minimum absolute atomic E-state index is 0.0515. The third kappa shape index (κ3) is 5.40. The quantitative estimate of drug-likeness (QED) is 0.759. The normalized spacial score (nSPS) is 12.0. The van der Waals surface area contributed by atoms with Gasteiger partial charge in [0.2, 0.25) is 5.91 Å². The fourth-order valence-electron chi connectivity index (χ4n) is 2.54. The van der Waals surface area contributed by atoms with E-state index in [0.717, 1.165) is 17.7 Å². The number of nitrogens with zero attached hydrogens (tertiary/aromatic N) is 1. The summed E-state index contributed by atoms with van der Waals surface area (Å²) in [5, 5.41) is 2.49. The molecular weight excluding hydrogens is 354 g/mol. The van der Waals surface area contributed by atoms with Crippen molar-refractivity contribution in [3.63, 3.8) is 0 Å². The second kappa shape index (κ2) is 9.32. The lowest BCUT2D eigenvalue weighted by Gasteiger charge is -2.24. The molecule has 0 aliphatic heterocycles. The molecule has 0 aliphatic rings. The molecule has 1 amide bonds. The summed E-state index contributed by atoms with van der Waals surface area (Å²) in [6.45, 7) is 4.62. The van der Waals surface area contributed by atoms with Gasteiger partial charge in [-0.05, 0) is 50.7 Å². The zero-order chi connectivity index (χ0) is 20.0. The van der Waals surface area contributed by atoms with Gasteiger partial charge in [0.15, 0.2) is 11.5 Å². The maximum absolute atomic E-state index is 13.7. The van der Waals surface area contributed by atoms with Crippen molar-refractivity contribution in [2.75, 3.05) is 26.1 Å². The van der Waals surface area contributed by atoms with Crippen LogP contribution in [0.5, 0.6) is 11.5 Å². The number of benzene rings is 2. The monoisotopic (exact) mass is 378 g/mol. The van der Waals surface area contributed by atoms with Gasteiger partial charge in [-0.15, -0.1) is 0 Å². The van der Waals surface area contributed by atoms with Gasteiger partial charge in [0, 0.05) is 12.6 Å². The molecule has 1 N–H and O–H groups in total. The summed E-state index contributed by atoms with van der Waals surface area (Å²) in [6, 6.07) is 8.07. The predicted molar refractivity (Wildman–Crippen MR) is 100 cm³/mol. The van der Waals surface area contributed by atoms with E-state index in [9.17, 15) is 13.6 Å². The predicted octanol–water partition coefficient (Wildman–Crippen LogP) is 3.83. The van der Waals surface area contributed by atoms with Crippen LogP contribution in [-0.4, -0.2) is 37.6 Å². The Hall–Kier alpha value is -2.67. The van der Waals surface area contributed by atoms with Gasteiger partial charge in [-0.25, -0.2) is 8.78 Å². The van der Waals surface area contributed by atoms with Gasteiger partial charge in [-0.2, -0.15) is 0 Å². The van der Waals surface area contributed by atoms with E-state index in [-0.39, 0.29) is 11.6 Å². The number of likely N-dealkylation sites (N-methyl/N-ethyl adjacent to an activating group) is 1. The summed E-state index contributed by atoms with van der Waals surface area (Å²) in [4.78, 5) is 14.2. The summed E-state index contributed by atoms with van der Waals surface area (Å²) < 4.78 is 37.5. The van der Waals surface area contributed by atoms with E-state index in [0.29, 0.717) is 24.7 Å². The Labute approximate surface area is 157 Å². The minimum atomic E-state index is -0.811. The number of anilines is 1. The van der Waals surface area contributed by atoms with Crippen molar-refractivity contribution < 1.29 is 23.0 Å². The van der Waals surface area contributed by atoms with Crippen LogP contribution < -0.4 is 14.8 Å². The minimum Gasteiger partial charge on any atom is -0.493 e. The van der Waals surface area contributed by atoms with Crippen LogP contribution in [0.15, 0.2) is 36.4 Å². The van der Waals surface area contributed by atoms with Crippen molar-refractivity contribution in [3.05, 3.63) is 53.6 Å². The van der Waals surface area contributed by atoms with Crippen LogP contribution in [0.25, 0.3) is 0 Å². The van der Waals surface area contributed by atoms with Crippen LogP contribution in [0.2, 0.25) is 0 Å². The first kappa shape index (κ1) is 20.6. The van der Waals surface area contributed by atoms with Crippen LogP contribution in [0.3, 0.4) is 0 Å². The molecule has 0 radical (unpaired) electrons. The Morgan fingerprint density at radius 1 is 1.19 bits per heavy atom. The Balaban J connectivity index is 2.04. The van der Waals surface area contributed by atoms with E-state index in [2.05, 4.69) is 5.32 Å². The lowest BCUT2D eigenvalue weighted by atomic mass is 10.1. The first-order valence-corrected chi connectivity index (χ1v) is 8.61. The summed E-state index contributed by atoms with van der Waals surface area (Å²) in [5.74, 6) is -0.618. The first-order chi connectivity index (χ1) is 12.8. The van der Waals surface area contributed by atoms with Crippen LogP contribution >= 0.6 is 0 Å². The molecule has 1 atom stereocenters. The van der Waals surface area contributed by atoms with Crippen molar-refractivity contribution in [1.29, 1.82) is 0 Å². The fourth-order valence-corrected chi connectivity index (χ4v) is 2.54. The average molecular weight is 378 g/mol. The fraction of sp³-hybridized carbons (Fsp3) is 0.350. The van der Waals surface area contributed by atoms with Crippen LogP contribution in [-0.2, 0) is 11.3 Å². The topological polar surface area (TPSA) is 50.8 Å². The number of nitrogens with one attached hydrogen (secondary N) is 1. The lowest BCUT2D eigenvalue weighted by Crippen LogP contribution is -2.39. The van der Waals surface area contributed by atoms with Crippen LogP contribution in [0, 0.1) is 11.6 Å². The van der Waals surface area contributed by atoms with E-state index in [1.165, 1.54) is 6.07 Å². The van der Waals surface area contributed by atoms with E-state index in [4.69, 9.17) is 9.47 Å². The standard InChI is InChI=1S/C20H24F2N2O3/c1-5-27-18-9-6-14(10-19(18)26-4)12-24(3)13(2)20(25)23-17-8-7-15(21)11-16(17)22/h6-11,13H,5,12H2,1-4H3,(H,23,25)/t13-/m1/s1. The van der Waals surface area contributed by atoms with Gasteiger partial charge in [0.05, 0.1) is 25.4 Å². The molecule has 0 aliphatic carbocycles. The smallest absolute Gasteiger partial charge is 0.241 e. The molecule has 0 aromatic heterocycles. The Kier molecular flexibility index (Phi) is 7.12. The van der Waals surface area contributed by atoms with E-state index < -0.39 is 17.7 Å². The molecule has 2 aromatic carbocycles. The zero-order valence-corrected chi connectivity index (χ0v) is 15.9. The Morgan fingerprint density at radius 2 is 1.93 bits per heavy atom. The molecule has 5 nitrogen and oxygen atoms in total. The van der Waals surface area contributed by atoms with E-state index >= 15 is 0 Å². The SMILES string of the molecule is CCOc1ccc(CN(C)[C@H](C)C(=O)Nc2ccc(F)cc2F)cc1OC. The van der Waals surface area contributed by atoms with Gasteiger partial charge in [0.1, 0.15) is 11.6 Å². The summed E-state index contributed by atoms with van der Waals surface area (Å²) in [7, 11) is 3.35. The second-order valence-corrected chi connectivity index (χ2v) is 6.12. The molecular formula is C20H24F2N2O3. The highest BCUT2D eigenvalue weighted by Crippen LogP contribution is 2.28. The highest BCUT2D eigenvalue weighted by atomic mass is 19.1. The lowest BCUT2D eigenvalue weighted by molar-refractivity contribution is -0.120. The van der Waals surface area contributed by atoms with Crippen molar-refractivity contribution in [2.24, 2.45) is 0 Å². The van der Waals surface area contributed by atoms with Crippen LogP contribution in [0.1, 0.15) is 19.4 Å². The Morgan fingerprint density at radius 3 is 2.56 bits per heavy atom. The van der Waals surface area contributed by atoms with Crippen LogP contribution in [0.4, 0.5) is 14.5 Å². The number of halogens is 2. The van der Waals surface area contributed by atoms with Crippen molar-refractivity contribution in [2.45, 2.75) is 26.4 Å². The second-order valence-electron chi connectivity index (χ2n) is 6.12. The molecule has 2 aromatic rings. The summed E-state index contributed by atoms with van der Waals surface area (Å²) >= 11 is 0. The van der Waals surface area contributed by atoms with Crippen molar-refractivity contribution in [3.8, 4) is 11.5 Å². The first-order valence-electron chi connectivity index (χ1n) is 8.61. The molecule has 0 saturated heterocycles. The molecule has 146 valence electrons. The number of amides is 1.